The van der Waals surface area contributed by atoms with E-state index in [4.69, 9.17) is 4.74 Å². The fraction of sp³-hybridized carbons (Fsp3) is 0.733. The zero-order chi connectivity index (χ0) is 14.8. The lowest BCUT2D eigenvalue weighted by molar-refractivity contribution is -0.133. The molecule has 0 aromatic carbocycles. The number of piperidine rings is 1. The van der Waals surface area contributed by atoms with Crippen LogP contribution < -0.4 is 5.32 Å². The van der Waals surface area contributed by atoms with Crippen molar-refractivity contribution >= 4 is 17.2 Å². The molecular formula is C15H23N3O2S. The van der Waals surface area contributed by atoms with E-state index < -0.39 is 0 Å². The van der Waals surface area contributed by atoms with Crippen LogP contribution in [0.4, 0.5) is 0 Å². The van der Waals surface area contributed by atoms with Gasteiger partial charge in [-0.1, -0.05) is 0 Å². The molecule has 6 heteroatoms. The second-order valence-electron chi connectivity index (χ2n) is 6.27. The number of carbonyl (C=O) groups is 1. The van der Waals surface area contributed by atoms with Crippen LogP contribution >= 0.6 is 11.3 Å². The van der Waals surface area contributed by atoms with Crippen molar-refractivity contribution in [3.8, 4) is 0 Å². The van der Waals surface area contributed by atoms with Crippen LogP contribution in [0.5, 0.6) is 0 Å². The van der Waals surface area contributed by atoms with E-state index in [2.05, 4.69) is 15.2 Å². The number of fused-ring (bicyclic) bond motifs is 1. The fourth-order valence-corrected chi connectivity index (χ4v) is 3.86. The maximum atomic E-state index is 12.1. The second-order valence-corrected chi connectivity index (χ2v) is 7.25. The van der Waals surface area contributed by atoms with Crippen LogP contribution in [0, 0.1) is 5.92 Å². The van der Waals surface area contributed by atoms with E-state index in [9.17, 15) is 4.79 Å². The van der Waals surface area contributed by atoms with Gasteiger partial charge in [-0.3, -0.25) is 9.69 Å². The van der Waals surface area contributed by atoms with E-state index in [-0.39, 0.29) is 24.2 Å². The molecule has 1 amide bonds. The number of nitrogens with one attached hydrogen (secondary N) is 1. The largest absolute Gasteiger partial charge is 0.364 e. The molecule has 1 N–H and O–H groups in total. The molecule has 2 aliphatic heterocycles. The lowest BCUT2D eigenvalue weighted by Crippen LogP contribution is -2.42. The number of carbonyl (C=O) groups excluding carboxylic acids is 1. The van der Waals surface area contributed by atoms with Gasteiger partial charge in [0.15, 0.2) is 0 Å². The summed E-state index contributed by atoms with van der Waals surface area (Å²) in [4.78, 5) is 18.8. The van der Waals surface area contributed by atoms with Crippen molar-refractivity contribution in [3.05, 3.63) is 16.6 Å². The smallest absolute Gasteiger partial charge is 0.249 e. The Balaban J connectivity index is 1.53. The Labute approximate surface area is 129 Å². The number of rotatable bonds is 4. The van der Waals surface area contributed by atoms with Gasteiger partial charge < -0.3 is 10.1 Å². The van der Waals surface area contributed by atoms with Crippen LogP contribution in [0.1, 0.15) is 31.7 Å². The third kappa shape index (κ3) is 3.62. The maximum Gasteiger partial charge on any atom is 0.249 e. The molecule has 0 unspecified atom stereocenters. The molecule has 3 atom stereocenters. The average molecular weight is 309 g/mol. The molecule has 0 aliphatic carbocycles. The summed E-state index contributed by atoms with van der Waals surface area (Å²) in [7, 11) is 0. The minimum absolute atomic E-state index is 0.0471. The van der Waals surface area contributed by atoms with E-state index in [1.807, 2.05) is 25.4 Å². The summed E-state index contributed by atoms with van der Waals surface area (Å²) in [6.45, 7) is 6.84. The van der Waals surface area contributed by atoms with Crippen LogP contribution in [0.15, 0.2) is 11.6 Å². The first-order valence-corrected chi connectivity index (χ1v) is 8.56. The van der Waals surface area contributed by atoms with Gasteiger partial charge in [-0.2, -0.15) is 0 Å². The number of amides is 1. The number of hydrogen-bond acceptors (Lipinski definition) is 5. The highest BCUT2D eigenvalue weighted by atomic mass is 32.1. The van der Waals surface area contributed by atoms with Crippen molar-refractivity contribution in [1.29, 1.82) is 0 Å². The number of aromatic nitrogens is 1. The Hall–Kier alpha value is -0.980. The fourth-order valence-electron chi connectivity index (χ4n) is 3.21. The number of likely N-dealkylation sites (tertiary alicyclic amines) is 1. The summed E-state index contributed by atoms with van der Waals surface area (Å²) < 4.78 is 6.01. The third-order valence-corrected chi connectivity index (χ3v) is 4.97. The average Bonchev–Trinajstić information content (AvgIpc) is 3.06. The Morgan fingerprint density at radius 1 is 1.62 bits per heavy atom. The van der Waals surface area contributed by atoms with E-state index in [1.54, 1.807) is 11.3 Å². The molecule has 2 fully saturated rings. The zero-order valence-corrected chi connectivity index (χ0v) is 13.4. The van der Waals surface area contributed by atoms with Gasteiger partial charge in [0.05, 0.1) is 12.6 Å². The predicted molar refractivity (Wildman–Crippen MR) is 82.1 cm³/mol. The molecule has 0 radical (unpaired) electrons. The summed E-state index contributed by atoms with van der Waals surface area (Å²) in [6, 6.07) is 0.171. The Kier molecular flexibility index (Phi) is 4.57. The van der Waals surface area contributed by atoms with Crippen molar-refractivity contribution in [2.45, 2.75) is 51.5 Å². The monoisotopic (exact) mass is 309 g/mol. The maximum absolute atomic E-state index is 12.1. The van der Waals surface area contributed by atoms with Crippen LogP contribution in [-0.2, 0) is 16.1 Å². The molecule has 2 aliphatic rings. The zero-order valence-electron chi connectivity index (χ0n) is 12.6. The quantitative estimate of drug-likeness (QED) is 0.919. The molecule has 0 spiro atoms. The molecule has 2 saturated heterocycles. The highest BCUT2D eigenvalue weighted by Crippen LogP contribution is 2.33. The summed E-state index contributed by atoms with van der Waals surface area (Å²) >= 11 is 1.70. The minimum atomic E-state index is -0.262. The van der Waals surface area contributed by atoms with E-state index >= 15 is 0 Å². The van der Waals surface area contributed by atoms with Crippen molar-refractivity contribution in [2.75, 3.05) is 13.1 Å². The number of thiazole rings is 1. The lowest BCUT2D eigenvalue weighted by atomic mass is 9.91. The van der Waals surface area contributed by atoms with Gasteiger partial charge >= 0.3 is 0 Å². The first kappa shape index (κ1) is 14.9. The van der Waals surface area contributed by atoms with Crippen LogP contribution in [0.3, 0.4) is 0 Å². The van der Waals surface area contributed by atoms with Gasteiger partial charge in [-0.05, 0) is 39.2 Å². The van der Waals surface area contributed by atoms with Crippen molar-refractivity contribution in [2.24, 2.45) is 5.92 Å². The minimum Gasteiger partial charge on any atom is -0.364 e. The van der Waals surface area contributed by atoms with Crippen molar-refractivity contribution < 1.29 is 9.53 Å². The van der Waals surface area contributed by atoms with Crippen molar-refractivity contribution in [1.82, 2.24) is 15.2 Å². The molecule has 21 heavy (non-hydrogen) atoms. The van der Waals surface area contributed by atoms with Crippen LogP contribution in [0.2, 0.25) is 0 Å². The molecular weight excluding hydrogens is 286 g/mol. The Bertz CT molecular complexity index is 477. The van der Waals surface area contributed by atoms with Crippen LogP contribution in [-0.4, -0.2) is 47.1 Å². The Morgan fingerprint density at radius 3 is 3.19 bits per heavy atom. The van der Waals surface area contributed by atoms with E-state index in [0.29, 0.717) is 5.92 Å². The van der Waals surface area contributed by atoms with Gasteiger partial charge in [0, 0.05) is 24.2 Å². The predicted octanol–water partition coefficient (Wildman–Crippen LogP) is 1.65. The van der Waals surface area contributed by atoms with Crippen molar-refractivity contribution in [3.63, 3.8) is 0 Å². The summed E-state index contributed by atoms with van der Waals surface area (Å²) in [5.74, 6) is 0.575. The Morgan fingerprint density at radius 2 is 2.48 bits per heavy atom. The molecule has 3 rings (SSSR count). The van der Waals surface area contributed by atoms with E-state index in [0.717, 1.165) is 37.5 Å². The molecule has 0 bridgehead atoms. The second kappa shape index (κ2) is 6.42. The highest BCUT2D eigenvalue weighted by molar-refractivity contribution is 7.09. The molecule has 0 saturated carbocycles. The molecule has 1 aromatic heterocycles. The summed E-state index contributed by atoms with van der Waals surface area (Å²) in [6.07, 6.45) is 3.77. The first-order valence-electron chi connectivity index (χ1n) is 7.68. The lowest BCUT2D eigenvalue weighted by Gasteiger charge is -2.33. The number of ether oxygens (including phenoxy) is 1. The summed E-state index contributed by atoms with van der Waals surface area (Å²) in [5.41, 5.74) is 0. The molecule has 1 aromatic rings. The molecule has 3 heterocycles. The SMILES string of the molecule is CC(C)NC(=O)[C@@H]1C[C@@H]2CCN(Cc3nccs3)C[C@H]2O1. The number of hydrogen-bond donors (Lipinski definition) is 1. The van der Waals surface area contributed by atoms with Gasteiger partial charge in [-0.25, -0.2) is 4.98 Å². The van der Waals surface area contributed by atoms with Gasteiger partial charge in [0.2, 0.25) is 5.91 Å². The first-order chi connectivity index (χ1) is 10.1. The van der Waals surface area contributed by atoms with Gasteiger partial charge in [0.25, 0.3) is 0 Å². The molecule has 5 nitrogen and oxygen atoms in total. The standard InChI is InChI=1S/C15H23N3O2S/c1-10(2)17-15(19)12-7-11-3-5-18(8-13(11)20-12)9-14-16-4-6-21-14/h4,6,10-13H,3,5,7-9H2,1-2H3,(H,17,19)/t11-,12-,13+/m0/s1. The van der Waals surface area contributed by atoms with Crippen LogP contribution in [0.25, 0.3) is 0 Å². The molecule has 116 valence electrons. The van der Waals surface area contributed by atoms with Gasteiger partial charge in [-0.15, -0.1) is 11.3 Å². The van der Waals surface area contributed by atoms with Gasteiger partial charge in [0.1, 0.15) is 11.1 Å². The third-order valence-electron chi connectivity index (χ3n) is 4.20. The normalized spacial score (nSPS) is 29.6. The highest BCUT2D eigenvalue weighted by Gasteiger charge is 2.41. The number of nitrogens with zero attached hydrogens (tertiary/aromatic N) is 2. The van der Waals surface area contributed by atoms with E-state index in [1.165, 1.54) is 0 Å². The summed E-state index contributed by atoms with van der Waals surface area (Å²) in [5, 5.41) is 6.12. The topological polar surface area (TPSA) is 54.5 Å².